The topological polar surface area (TPSA) is 105 Å². The van der Waals surface area contributed by atoms with Gasteiger partial charge >= 0.3 is 5.97 Å². The van der Waals surface area contributed by atoms with E-state index in [0.29, 0.717) is 5.52 Å². The van der Waals surface area contributed by atoms with Gasteiger partial charge in [0.2, 0.25) is 15.0 Å². The lowest BCUT2D eigenvalue weighted by molar-refractivity contribution is 0.0691. The molecule has 8 heteroatoms. The van der Waals surface area contributed by atoms with Crippen LogP contribution in [0.4, 0.5) is 0 Å². The number of hydrogen-bond acceptors (Lipinski definition) is 4. The maximum absolute atomic E-state index is 11.3. The molecule has 0 atom stereocenters. The van der Waals surface area contributed by atoms with E-state index in [9.17, 15) is 13.2 Å². The number of imidazole rings is 1. The van der Waals surface area contributed by atoms with E-state index in [-0.39, 0.29) is 16.5 Å². The summed E-state index contributed by atoms with van der Waals surface area (Å²) in [6.45, 7) is 0. The Balaban J connectivity index is 2.74. The van der Waals surface area contributed by atoms with Crippen LogP contribution in [0.1, 0.15) is 10.5 Å². The van der Waals surface area contributed by atoms with E-state index in [1.165, 1.54) is 17.7 Å². The fraction of sp³-hybridized carbons (Fsp3) is 0.250. The van der Waals surface area contributed by atoms with Gasteiger partial charge in [-0.25, -0.2) is 18.2 Å². The van der Waals surface area contributed by atoms with E-state index >= 15 is 0 Å². The maximum atomic E-state index is 11.3. The van der Waals surface area contributed by atoms with Gasteiger partial charge < -0.3 is 14.7 Å². The van der Waals surface area contributed by atoms with Crippen molar-refractivity contribution in [2.24, 2.45) is 7.05 Å². The van der Waals surface area contributed by atoms with Gasteiger partial charge in [0, 0.05) is 13.3 Å². The van der Waals surface area contributed by atoms with E-state index in [4.69, 9.17) is 5.11 Å². The Hall–Kier alpha value is -1.83. The Morgan fingerprint density at radius 3 is 2.62 bits per heavy atom. The summed E-state index contributed by atoms with van der Waals surface area (Å²) in [5, 5.41) is 8.65. The van der Waals surface area contributed by atoms with Crippen LogP contribution in [0.2, 0.25) is 0 Å². The SMILES string of the molecule is Cn1c(S(C)(=O)=O)nc2[nH]c(C(=O)O)cc21. The molecule has 0 fully saturated rings. The largest absolute Gasteiger partial charge is 0.477 e. The number of aromatic carboxylic acids is 1. The number of nitrogens with one attached hydrogen (secondary N) is 1. The molecule has 0 bridgehead atoms. The summed E-state index contributed by atoms with van der Waals surface area (Å²) in [5.41, 5.74) is 0.673. The molecule has 2 aromatic heterocycles. The van der Waals surface area contributed by atoms with Gasteiger partial charge in [0.25, 0.3) is 0 Å². The van der Waals surface area contributed by atoms with Gasteiger partial charge in [-0.2, -0.15) is 0 Å². The predicted octanol–water partition coefficient (Wildman–Crippen LogP) is 0.00310. The molecule has 0 aliphatic heterocycles. The summed E-state index contributed by atoms with van der Waals surface area (Å²) in [7, 11) is -1.89. The number of aryl methyl sites for hydroxylation is 1. The minimum Gasteiger partial charge on any atom is -0.477 e. The van der Waals surface area contributed by atoms with Crippen molar-refractivity contribution in [1.82, 2.24) is 14.5 Å². The molecule has 16 heavy (non-hydrogen) atoms. The second-order valence-corrected chi connectivity index (χ2v) is 5.36. The van der Waals surface area contributed by atoms with Crippen LogP contribution in [0.15, 0.2) is 11.2 Å². The number of nitrogens with zero attached hydrogens (tertiary/aromatic N) is 2. The first-order valence-electron chi connectivity index (χ1n) is 4.29. The minimum absolute atomic E-state index is 0.0202. The molecule has 2 rings (SSSR count). The van der Waals surface area contributed by atoms with Crippen molar-refractivity contribution < 1.29 is 18.3 Å². The highest BCUT2D eigenvalue weighted by Gasteiger charge is 2.19. The van der Waals surface area contributed by atoms with E-state index in [1.54, 1.807) is 0 Å². The standard InChI is InChI=1S/C8H9N3O4S/c1-11-5-3-4(7(12)13)9-6(5)10-8(11)16(2,14)15/h3,9H,1-2H3,(H,12,13). The molecule has 0 saturated heterocycles. The summed E-state index contributed by atoms with van der Waals surface area (Å²) in [5.74, 6) is -1.11. The molecule has 0 amide bonds. The van der Waals surface area contributed by atoms with Crippen LogP contribution in [-0.4, -0.2) is 40.3 Å². The number of sulfone groups is 1. The van der Waals surface area contributed by atoms with Gasteiger partial charge in [0.05, 0.1) is 5.52 Å². The molecule has 0 saturated carbocycles. The Labute approximate surface area is 90.6 Å². The van der Waals surface area contributed by atoms with Crippen LogP contribution in [-0.2, 0) is 16.9 Å². The number of carboxylic acid groups (broad SMARTS) is 1. The Morgan fingerprint density at radius 1 is 1.56 bits per heavy atom. The highest BCUT2D eigenvalue weighted by Crippen LogP contribution is 2.18. The summed E-state index contributed by atoms with van der Waals surface area (Å²) >= 11 is 0. The van der Waals surface area contributed by atoms with E-state index in [1.807, 2.05) is 0 Å². The average Bonchev–Trinajstić information content (AvgIpc) is 2.64. The number of carbonyl (C=O) groups is 1. The lowest BCUT2D eigenvalue weighted by Crippen LogP contribution is -2.06. The quantitative estimate of drug-likeness (QED) is 0.772. The van der Waals surface area contributed by atoms with Gasteiger partial charge in [0.1, 0.15) is 5.69 Å². The lowest BCUT2D eigenvalue weighted by Gasteiger charge is -1.97. The van der Waals surface area contributed by atoms with E-state index in [0.717, 1.165) is 6.26 Å². The fourth-order valence-electron chi connectivity index (χ4n) is 1.49. The molecule has 0 spiro atoms. The molecule has 7 nitrogen and oxygen atoms in total. The first-order valence-corrected chi connectivity index (χ1v) is 6.18. The number of aromatic nitrogens is 3. The van der Waals surface area contributed by atoms with Crippen molar-refractivity contribution in [2.45, 2.75) is 5.16 Å². The van der Waals surface area contributed by atoms with Gasteiger partial charge in [0.15, 0.2) is 5.65 Å². The molecular weight excluding hydrogens is 234 g/mol. The molecule has 0 aliphatic rings. The molecule has 0 aliphatic carbocycles. The van der Waals surface area contributed by atoms with Crippen LogP contribution in [0, 0.1) is 0 Å². The van der Waals surface area contributed by atoms with Crippen LogP contribution in [0.3, 0.4) is 0 Å². The third kappa shape index (κ3) is 1.47. The highest BCUT2D eigenvalue weighted by molar-refractivity contribution is 7.90. The molecule has 2 N–H and O–H groups in total. The first kappa shape index (κ1) is 10.7. The average molecular weight is 243 g/mol. The van der Waals surface area contributed by atoms with Gasteiger partial charge in [-0.3, -0.25) is 0 Å². The van der Waals surface area contributed by atoms with Gasteiger partial charge in [-0.1, -0.05) is 0 Å². The number of fused-ring (bicyclic) bond motifs is 1. The molecule has 0 aromatic carbocycles. The molecule has 0 unspecified atom stereocenters. The zero-order chi connectivity index (χ0) is 12.1. The van der Waals surface area contributed by atoms with E-state index in [2.05, 4.69) is 9.97 Å². The third-order valence-electron chi connectivity index (χ3n) is 2.19. The van der Waals surface area contributed by atoms with Crippen LogP contribution in [0.25, 0.3) is 11.2 Å². The number of hydrogen-bond donors (Lipinski definition) is 2. The maximum Gasteiger partial charge on any atom is 0.352 e. The molecular formula is C8H9N3O4S. The molecule has 0 radical (unpaired) electrons. The first-order chi connectivity index (χ1) is 7.30. The van der Waals surface area contributed by atoms with Crippen molar-refractivity contribution >= 4 is 27.0 Å². The van der Waals surface area contributed by atoms with E-state index < -0.39 is 15.8 Å². The minimum atomic E-state index is -3.41. The second kappa shape index (κ2) is 3.08. The third-order valence-corrected chi connectivity index (χ3v) is 3.22. The zero-order valence-electron chi connectivity index (χ0n) is 8.55. The van der Waals surface area contributed by atoms with Crippen molar-refractivity contribution in [1.29, 1.82) is 0 Å². The van der Waals surface area contributed by atoms with Crippen molar-refractivity contribution in [3.05, 3.63) is 11.8 Å². The van der Waals surface area contributed by atoms with Gasteiger partial charge in [-0.15, -0.1) is 0 Å². The smallest absolute Gasteiger partial charge is 0.352 e. The van der Waals surface area contributed by atoms with Crippen LogP contribution in [0.5, 0.6) is 0 Å². The molecule has 86 valence electrons. The van der Waals surface area contributed by atoms with Crippen molar-refractivity contribution in [3.8, 4) is 0 Å². The van der Waals surface area contributed by atoms with Crippen LogP contribution >= 0.6 is 0 Å². The number of aromatic amines is 1. The Kier molecular flexibility index (Phi) is 2.06. The lowest BCUT2D eigenvalue weighted by atomic mass is 10.4. The van der Waals surface area contributed by atoms with Crippen molar-refractivity contribution in [2.75, 3.05) is 6.26 Å². The fourth-order valence-corrected chi connectivity index (χ4v) is 2.35. The molecule has 2 aromatic rings. The van der Waals surface area contributed by atoms with Crippen molar-refractivity contribution in [3.63, 3.8) is 0 Å². The Morgan fingerprint density at radius 2 is 2.19 bits per heavy atom. The van der Waals surface area contributed by atoms with Crippen LogP contribution < -0.4 is 0 Å². The number of H-pyrrole nitrogens is 1. The number of rotatable bonds is 2. The Bertz CT molecular complexity index is 680. The van der Waals surface area contributed by atoms with Gasteiger partial charge in [-0.05, 0) is 6.07 Å². The predicted molar refractivity (Wildman–Crippen MR) is 55.1 cm³/mol. The summed E-state index contributed by atoms with van der Waals surface area (Å²) in [6, 6.07) is 1.35. The summed E-state index contributed by atoms with van der Waals surface area (Å²) in [4.78, 5) is 17.1. The number of carboxylic acids is 1. The summed E-state index contributed by atoms with van der Waals surface area (Å²) < 4.78 is 24.0. The monoisotopic (exact) mass is 243 g/mol. The normalized spacial score (nSPS) is 12.1. The second-order valence-electron chi connectivity index (χ2n) is 3.45. The molecule has 2 heterocycles. The zero-order valence-corrected chi connectivity index (χ0v) is 9.37. The summed E-state index contributed by atoms with van der Waals surface area (Å²) in [6.07, 6.45) is 1.05. The highest BCUT2D eigenvalue weighted by atomic mass is 32.2.